The Hall–Kier alpha value is -4.24. The topological polar surface area (TPSA) is 108 Å². The molecule has 0 saturated carbocycles. The smallest absolute Gasteiger partial charge is 0.251 e. The largest absolute Gasteiger partial charge is 0.368 e. The van der Waals surface area contributed by atoms with Crippen molar-refractivity contribution in [2.45, 2.75) is 6.92 Å². The van der Waals surface area contributed by atoms with Gasteiger partial charge in [0, 0.05) is 60.7 Å². The first kappa shape index (κ1) is 25.8. The van der Waals surface area contributed by atoms with E-state index < -0.39 is 0 Å². The zero-order chi connectivity index (χ0) is 26.2. The van der Waals surface area contributed by atoms with Crippen LogP contribution in [-0.4, -0.2) is 48.0 Å². The molecule has 37 heavy (non-hydrogen) atoms. The second-order valence-corrected chi connectivity index (χ2v) is 8.64. The predicted molar refractivity (Wildman–Crippen MR) is 144 cm³/mol. The van der Waals surface area contributed by atoms with Crippen molar-refractivity contribution in [3.05, 3.63) is 83.1 Å². The Labute approximate surface area is 218 Å². The molecule has 1 aromatic heterocycles. The summed E-state index contributed by atoms with van der Waals surface area (Å²) in [5, 5.41) is 13.6. The lowest BCUT2D eigenvalue weighted by atomic mass is 10.0. The summed E-state index contributed by atoms with van der Waals surface area (Å²) >= 11 is 6.01. The molecule has 0 spiro atoms. The molecule has 0 aliphatic rings. The molecular formula is C27H26ClFN6O2. The number of aromatic nitrogens is 2. The van der Waals surface area contributed by atoms with E-state index >= 15 is 0 Å². The van der Waals surface area contributed by atoms with E-state index in [1.807, 2.05) is 12.1 Å². The van der Waals surface area contributed by atoms with Crippen LogP contribution in [0.15, 0.2) is 66.7 Å². The van der Waals surface area contributed by atoms with Gasteiger partial charge in [0.2, 0.25) is 5.91 Å². The predicted octanol–water partition coefficient (Wildman–Crippen LogP) is 4.48. The van der Waals surface area contributed by atoms with E-state index in [1.165, 1.54) is 19.1 Å². The van der Waals surface area contributed by atoms with Crippen molar-refractivity contribution in [2.24, 2.45) is 0 Å². The van der Waals surface area contributed by atoms with Gasteiger partial charge in [-0.05, 0) is 41.8 Å². The van der Waals surface area contributed by atoms with E-state index in [2.05, 4.69) is 31.2 Å². The Kier molecular flexibility index (Phi) is 8.48. The number of halogens is 2. The quantitative estimate of drug-likeness (QED) is 0.230. The van der Waals surface area contributed by atoms with Gasteiger partial charge in [-0.25, -0.2) is 14.4 Å². The fraction of sp³-hybridized carbons (Fsp3) is 0.185. The third-order valence-corrected chi connectivity index (χ3v) is 5.72. The van der Waals surface area contributed by atoms with Crippen molar-refractivity contribution in [3.63, 3.8) is 0 Å². The van der Waals surface area contributed by atoms with Gasteiger partial charge in [0.1, 0.15) is 17.5 Å². The summed E-state index contributed by atoms with van der Waals surface area (Å²) in [6, 6.07) is 18.6. The van der Waals surface area contributed by atoms with Crippen molar-refractivity contribution in [1.82, 2.24) is 20.6 Å². The summed E-state index contributed by atoms with van der Waals surface area (Å²) in [4.78, 5) is 33.0. The highest BCUT2D eigenvalue weighted by atomic mass is 35.5. The number of hydrogen-bond donors (Lipinski definition) is 4. The first-order valence-corrected chi connectivity index (χ1v) is 12.1. The maximum Gasteiger partial charge on any atom is 0.251 e. The third kappa shape index (κ3) is 6.92. The molecule has 0 radical (unpaired) electrons. The van der Waals surface area contributed by atoms with Crippen molar-refractivity contribution in [1.29, 1.82) is 0 Å². The number of carbonyl (C=O) groups is 2. The Bertz CT molecular complexity index is 1410. The molecule has 3 aromatic carbocycles. The molecule has 0 atom stereocenters. The Morgan fingerprint density at radius 2 is 1.43 bits per heavy atom. The van der Waals surface area contributed by atoms with Crippen LogP contribution in [-0.2, 0) is 4.79 Å². The number of rotatable bonds is 10. The summed E-state index contributed by atoms with van der Waals surface area (Å²) in [5.41, 5.74) is 1.20. The standard InChI is InChI=1S/C27H26ClFN6O2/c1-17(36)30-12-13-31-24-16-25(35-26(34-24)18-6-8-19(28)9-7-18)32-14-15-33-27(37)22-10-11-23(29)21-5-3-2-4-20(21)22/h2-11,16H,12-15H2,1H3,(H,30,36)(H,33,37)(H2,31,32,34,35). The highest BCUT2D eigenvalue weighted by Gasteiger charge is 2.12. The SMILES string of the molecule is CC(=O)NCCNc1cc(NCCNC(=O)c2ccc(F)c3ccccc23)nc(-c2ccc(Cl)cc2)n1. The number of nitrogens with one attached hydrogen (secondary N) is 4. The molecule has 10 heteroatoms. The van der Waals surface area contributed by atoms with Crippen LogP contribution in [0.2, 0.25) is 5.02 Å². The summed E-state index contributed by atoms with van der Waals surface area (Å²) in [6.45, 7) is 3.10. The Morgan fingerprint density at radius 3 is 2.08 bits per heavy atom. The molecular weight excluding hydrogens is 495 g/mol. The van der Waals surface area contributed by atoms with Gasteiger partial charge in [-0.15, -0.1) is 0 Å². The maximum absolute atomic E-state index is 14.1. The van der Waals surface area contributed by atoms with E-state index in [9.17, 15) is 14.0 Å². The van der Waals surface area contributed by atoms with Crippen LogP contribution in [0.1, 0.15) is 17.3 Å². The number of amides is 2. The number of hydrogen-bond acceptors (Lipinski definition) is 6. The molecule has 0 aliphatic heterocycles. The number of nitrogens with zero attached hydrogens (tertiary/aromatic N) is 2. The highest BCUT2D eigenvalue weighted by molar-refractivity contribution is 6.30. The van der Waals surface area contributed by atoms with Gasteiger partial charge in [0.05, 0.1) is 0 Å². The second kappa shape index (κ2) is 12.1. The van der Waals surface area contributed by atoms with E-state index in [-0.39, 0.29) is 17.6 Å². The van der Waals surface area contributed by atoms with Crippen LogP contribution in [0, 0.1) is 5.82 Å². The average molecular weight is 521 g/mol. The van der Waals surface area contributed by atoms with Gasteiger partial charge in [-0.1, -0.05) is 35.9 Å². The second-order valence-electron chi connectivity index (χ2n) is 8.20. The Morgan fingerprint density at radius 1 is 0.811 bits per heavy atom. The van der Waals surface area contributed by atoms with Gasteiger partial charge in [-0.3, -0.25) is 9.59 Å². The lowest BCUT2D eigenvalue weighted by Gasteiger charge is -2.13. The van der Waals surface area contributed by atoms with E-state index in [0.717, 1.165) is 5.56 Å². The molecule has 0 bridgehead atoms. The van der Waals surface area contributed by atoms with Gasteiger partial charge < -0.3 is 21.3 Å². The molecule has 4 rings (SSSR count). The molecule has 2 amide bonds. The van der Waals surface area contributed by atoms with Crippen molar-refractivity contribution in [3.8, 4) is 11.4 Å². The first-order valence-electron chi connectivity index (χ1n) is 11.7. The summed E-state index contributed by atoms with van der Waals surface area (Å²) in [7, 11) is 0. The van der Waals surface area contributed by atoms with Crippen LogP contribution in [0.3, 0.4) is 0 Å². The fourth-order valence-corrected chi connectivity index (χ4v) is 3.83. The highest BCUT2D eigenvalue weighted by Crippen LogP contribution is 2.23. The van der Waals surface area contributed by atoms with Gasteiger partial charge in [0.15, 0.2) is 5.82 Å². The van der Waals surface area contributed by atoms with Crippen molar-refractivity contribution < 1.29 is 14.0 Å². The minimum absolute atomic E-state index is 0.107. The number of anilines is 2. The monoisotopic (exact) mass is 520 g/mol. The Balaban J connectivity index is 1.42. The molecule has 4 N–H and O–H groups in total. The summed E-state index contributed by atoms with van der Waals surface area (Å²) < 4.78 is 14.1. The van der Waals surface area contributed by atoms with Crippen LogP contribution >= 0.6 is 11.6 Å². The fourth-order valence-electron chi connectivity index (χ4n) is 3.71. The van der Waals surface area contributed by atoms with E-state index in [1.54, 1.807) is 42.5 Å². The van der Waals surface area contributed by atoms with E-state index in [0.29, 0.717) is 65.0 Å². The molecule has 0 fully saturated rings. The first-order chi connectivity index (χ1) is 17.9. The van der Waals surface area contributed by atoms with E-state index in [4.69, 9.17) is 11.6 Å². The zero-order valence-electron chi connectivity index (χ0n) is 20.1. The van der Waals surface area contributed by atoms with Crippen molar-refractivity contribution >= 4 is 45.8 Å². The van der Waals surface area contributed by atoms with Gasteiger partial charge >= 0.3 is 0 Å². The van der Waals surface area contributed by atoms with Gasteiger partial charge in [0.25, 0.3) is 5.91 Å². The minimum atomic E-state index is -0.365. The molecule has 0 aliphatic carbocycles. The lowest BCUT2D eigenvalue weighted by Crippen LogP contribution is -2.29. The van der Waals surface area contributed by atoms with Gasteiger partial charge in [-0.2, -0.15) is 0 Å². The number of carbonyl (C=O) groups excluding carboxylic acids is 2. The third-order valence-electron chi connectivity index (χ3n) is 5.47. The minimum Gasteiger partial charge on any atom is -0.368 e. The molecule has 0 saturated heterocycles. The van der Waals surface area contributed by atoms with Crippen LogP contribution in [0.4, 0.5) is 16.0 Å². The molecule has 8 nitrogen and oxygen atoms in total. The maximum atomic E-state index is 14.1. The number of fused-ring (bicyclic) bond motifs is 1. The molecule has 190 valence electrons. The zero-order valence-corrected chi connectivity index (χ0v) is 20.9. The van der Waals surface area contributed by atoms with Crippen molar-refractivity contribution in [2.75, 3.05) is 36.8 Å². The van der Waals surface area contributed by atoms with Crippen LogP contribution < -0.4 is 21.3 Å². The summed E-state index contributed by atoms with van der Waals surface area (Å²) in [6.07, 6.45) is 0. The van der Waals surface area contributed by atoms with Crippen LogP contribution in [0.25, 0.3) is 22.2 Å². The molecule has 4 aromatic rings. The molecule has 1 heterocycles. The summed E-state index contributed by atoms with van der Waals surface area (Å²) in [5.74, 6) is 0.867. The normalized spacial score (nSPS) is 10.7. The van der Waals surface area contributed by atoms with Crippen LogP contribution in [0.5, 0.6) is 0 Å². The number of benzene rings is 3. The lowest BCUT2D eigenvalue weighted by molar-refractivity contribution is -0.118. The average Bonchev–Trinajstić information content (AvgIpc) is 2.89. The molecule has 0 unspecified atom stereocenters.